The van der Waals surface area contributed by atoms with Crippen molar-refractivity contribution in [2.24, 2.45) is 0 Å². The van der Waals surface area contributed by atoms with Gasteiger partial charge >= 0.3 is 0 Å². The zero-order valence-electron chi connectivity index (χ0n) is 6.38. The molecule has 0 saturated heterocycles. The van der Waals surface area contributed by atoms with Crippen LogP contribution in [0, 0.1) is 0 Å². The summed E-state index contributed by atoms with van der Waals surface area (Å²) in [5, 5.41) is 0. The summed E-state index contributed by atoms with van der Waals surface area (Å²) in [5.41, 5.74) is 1.78. The van der Waals surface area contributed by atoms with Crippen LogP contribution in [0.3, 0.4) is 0 Å². The second-order valence-corrected chi connectivity index (χ2v) is 6.77. The molecule has 68 valence electrons. The second kappa shape index (κ2) is 2.76. The topological polar surface area (TPSA) is 70.1 Å². The molecule has 0 N–H and O–H groups in total. The molecule has 0 aliphatic rings. The summed E-state index contributed by atoms with van der Waals surface area (Å²) >= 11 is 0. The van der Waals surface area contributed by atoms with Gasteiger partial charge in [0.1, 0.15) is 15.0 Å². The molecule has 1 unspecified atom stereocenters. The Labute approximate surface area is 77.0 Å². The standard InChI is InChI=1S/C7H5NO3S2/c9-13(10,11)12-5-8-6-3-1-2-4-7(6)12/h1-5H. The van der Waals surface area contributed by atoms with Crippen molar-refractivity contribution in [1.29, 1.82) is 0 Å². The summed E-state index contributed by atoms with van der Waals surface area (Å²) in [5.74, 6) is 0. The molecule has 1 aromatic carbocycles. The average Bonchev–Trinajstić information content (AvgIpc) is 2.45. The average molecular weight is 215 g/mol. The number of aromatic nitrogens is 1. The van der Waals surface area contributed by atoms with Crippen LogP contribution in [0.2, 0.25) is 0 Å². The number of hydrogen-bond acceptors (Lipinski definition) is 4. The molecule has 1 aromatic heterocycles. The first-order valence-electron chi connectivity index (χ1n) is 3.42. The quantitative estimate of drug-likeness (QED) is 0.408. The van der Waals surface area contributed by atoms with Gasteiger partial charge in [-0.15, -0.1) is 0 Å². The van der Waals surface area contributed by atoms with Crippen molar-refractivity contribution in [2.75, 3.05) is 0 Å². The summed E-state index contributed by atoms with van der Waals surface area (Å²) < 4.78 is 32.8. The molecular weight excluding hydrogens is 210 g/mol. The van der Waals surface area contributed by atoms with Crippen molar-refractivity contribution < 1.29 is 13.0 Å². The molecule has 0 aliphatic carbocycles. The van der Waals surface area contributed by atoms with E-state index < -0.39 is 18.7 Å². The van der Waals surface area contributed by atoms with E-state index >= 15 is 0 Å². The summed E-state index contributed by atoms with van der Waals surface area (Å²) in [6.07, 6.45) is 0. The van der Waals surface area contributed by atoms with Crippen LogP contribution in [-0.4, -0.2) is 18.0 Å². The highest BCUT2D eigenvalue weighted by molar-refractivity contribution is 8.37. The van der Waals surface area contributed by atoms with Gasteiger partial charge in [0, 0.05) is 6.07 Å². The van der Waals surface area contributed by atoms with Crippen LogP contribution in [0.15, 0.2) is 29.8 Å². The molecule has 0 saturated carbocycles. The second-order valence-electron chi connectivity index (χ2n) is 2.41. The maximum atomic E-state index is 10.8. The van der Waals surface area contributed by atoms with Gasteiger partial charge in [-0.25, -0.2) is 0 Å². The highest BCUT2D eigenvalue weighted by Crippen LogP contribution is 2.32. The third-order valence-corrected chi connectivity index (χ3v) is 5.22. The maximum absolute atomic E-state index is 10.8. The van der Waals surface area contributed by atoms with E-state index in [2.05, 4.69) is 4.98 Å². The molecule has 0 aliphatic heterocycles. The smallest absolute Gasteiger partial charge is 0.297 e. The molecule has 4 nitrogen and oxygen atoms in total. The van der Waals surface area contributed by atoms with Crippen molar-refractivity contribution >= 4 is 28.9 Å². The van der Waals surface area contributed by atoms with Crippen molar-refractivity contribution in [3.8, 4) is 0 Å². The monoisotopic (exact) mass is 215 g/mol. The zero-order valence-corrected chi connectivity index (χ0v) is 8.01. The Morgan fingerprint density at radius 2 is 2.00 bits per heavy atom. The molecule has 0 spiro atoms. The zero-order chi connectivity index (χ0) is 9.47. The summed E-state index contributed by atoms with van der Waals surface area (Å²) in [6, 6.07) is 6.74. The first-order valence-corrected chi connectivity index (χ1v) is 6.63. The van der Waals surface area contributed by atoms with E-state index in [0.29, 0.717) is 10.2 Å². The van der Waals surface area contributed by atoms with E-state index in [4.69, 9.17) is 0 Å². The Balaban J connectivity index is 2.87. The van der Waals surface area contributed by atoms with E-state index in [0.717, 1.165) is 0 Å². The number of hydrogen-bond donors (Lipinski definition) is 0. The highest BCUT2D eigenvalue weighted by Gasteiger charge is 2.19. The lowest BCUT2D eigenvalue weighted by Gasteiger charge is -1.93. The number of para-hydroxylation sites is 1. The molecular formula is C7H5NO3S2. The Bertz CT molecular complexity index is 544. The van der Waals surface area contributed by atoms with E-state index in [9.17, 15) is 13.0 Å². The van der Waals surface area contributed by atoms with Crippen LogP contribution >= 0.6 is 9.50 Å². The number of benzene rings is 1. The predicted molar refractivity (Wildman–Crippen MR) is 49.3 cm³/mol. The van der Waals surface area contributed by atoms with E-state index in [1.807, 2.05) is 0 Å². The van der Waals surface area contributed by atoms with Gasteiger partial charge in [-0.1, -0.05) is 12.1 Å². The lowest BCUT2D eigenvalue weighted by molar-refractivity contribution is 0.481. The predicted octanol–water partition coefficient (Wildman–Crippen LogP) is 1.29. The van der Waals surface area contributed by atoms with Crippen LogP contribution in [0.25, 0.3) is 10.2 Å². The Hall–Kier alpha value is -0.980. The third kappa shape index (κ3) is 1.43. The Morgan fingerprint density at radius 3 is 2.69 bits per heavy atom. The largest absolute Gasteiger partial charge is 0.703 e. The minimum atomic E-state index is -4.29. The minimum absolute atomic E-state index is 0.498. The lowest BCUT2D eigenvalue weighted by Crippen LogP contribution is -1.88. The molecule has 0 radical (unpaired) electrons. The van der Waals surface area contributed by atoms with Gasteiger partial charge < -0.3 is 4.55 Å². The van der Waals surface area contributed by atoms with Crippen LogP contribution < -0.4 is 0 Å². The number of thiazole rings is 1. The van der Waals surface area contributed by atoms with E-state index in [-0.39, 0.29) is 0 Å². The molecule has 6 heteroatoms. The number of nitrogens with zero attached hydrogens (tertiary/aromatic N) is 1. The van der Waals surface area contributed by atoms with Crippen LogP contribution in [0.1, 0.15) is 0 Å². The fourth-order valence-corrected chi connectivity index (χ4v) is 3.77. The first-order chi connectivity index (χ1) is 6.09. The van der Waals surface area contributed by atoms with E-state index in [1.54, 1.807) is 24.3 Å². The van der Waals surface area contributed by atoms with Gasteiger partial charge in [0.2, 0.25) is 10.2 Å². The third-order valence-electron chi connectivity index (χ3n) is 1.59. The van der Waals surface area contributed by atoms with Gasteiger partial charge in [-0.3, -0.25) is 0 Å². The Morgan fingerprint density at radius 1 is 1.31 bits per heavy atom. The highest BCUT2D eigenvalue weighted by atomic mass is 33.2. The van der Waals surface area contributed by atoms with Crippen LogP contribution in [-0.2, 0) is 9.15 Å². The summed E-state index contributed by atoms with van der Waals surface area (Å²) in [6.45, 7) is 0. The fourth-order valence-electron chi connectivity index (χ4n) is 1.06. The number of fused-ring (bicyclic) bond motifs is 1. The van der Waals surface area contributed by atoms with Crippen molar-refractivity contribution in [1.82, 2.24) is 4.98 Å². The molecule has 0 bridgehead atoms. The first kappa shape index (κ1) is 8.61. The molecule has 2 rings (SSSR count). The van der Waals surface area contributed by atoms with Gasteiger partial charge in [0.15, 0.2) is 0 Å². The molecule has 1 atom stereocenters. The van der Waals surface area contributed by atoms with Crippen LogP contribution in [0.4, 0.5) is 0 Å². The Kier molecular flexibility index (Phi) is 1.83. The molecule has 0 fully saturated rings. The van der Waals surface area contributed by atoms with Crippen molar-refractivity contribution in [3.63, 3.8) is 0 Å². The van der Waals surface area contributed by atoms with Gasteiger partial charge in [-0.2, -0.15) is 13.4 Å². The molecule has 1 heterocycles. The molecule has 0 amide bonds. The molecule has 13 heavy (non-hydrogen) atoms. The lowest BCUT2D eigenvalue weighted by atomic mass is 10.3. The van der Waals surface area contributed by atoms with Gasteiger partial charge in [0.25, 0.3) is 9.15 Å². The van der Waals surface area contributed by atoms with E-state index in [1.165, 1.54) is 5.51 Å². The van der Waals surface area contributed by atoms with Crippen molar-refractivity contribution in [3.05, 3.63) is 29.8 Å². The SMILES string of the molecule is O=S(=O)([O-])[s+]1cnc2ccccc21. The minimum Gasteiger partial charge on any atom is -0.703 e. The normalized spacial score (nSPS) is 13.5. The number of rotatable bonds is 1. The van der Waals surface area contributed by atoms with Gasteiger partial charge in [0.05, 0.1) is 0 Å². The maximum Gasteiger partial charge on any atom is 0.297 e. The van der Waals surface area contributed by atoms with Gasteiger partial charge in [-0.05, 0) is 6.07 Å². The summed E-state index contributed by atoms with van der Waals surface area (Å²) in [4.78, 5) is 3.86. The van der Waals surface area contributed by atoms with Crippen molar-refractivity contribution in [2.45, 2.75) is 0 Å². The van der Waals surface area contributed by atoms with Crippen LogP contribution in [0.5, 0.6) is 0 Å². The molecule has 2 aromatic rings. The fraction of sp³-hybridized carbons (Fsp3) is 0. The summed E-state index contributed by atoms with van der Waals surface area (Å²) in [7, 11) is -5.68.